The Balaban J connectivity index is 2.18. The zero-order valence-electron chi connectivity index (χ0n) is 7.69. The van der Waals surface area contributed by atoms with Crippen LogP contribution in [0.2, 0.25) is 0 Å². The summed E-state index contributed by atoms with van der Waals surface area (Å²) in [6.45, 7) is 2.47. The molecule has 0 radical (unpaired) electrons. The molecule has 1 unspecified atom stereocenters. The minimum absolute atomic E-state index is 0.282. The third kappa shape index (κ3) is 3.30. The molecule has 0 amide bonds. The van der Waals surface area contributed by atoms with E-state index in [1.807, 2.05) is 19.1 Å². The van der Waals surface area contributed by atoms with Gasteiger partial charge in [-0.15, -0.1) is 0 Å². The summed E-state index contributed by atoms with van der Waals surface area (Å²) in [5, 5.41) is 8.58. The molecule has 13 heavy (non-hydrogen) atoms. The number of nitrogens with zero attached hydrogens (tertiary/aromatic N) is 1. The van der Waals surface area contributed by atoms with Crippen molar-refractivity contribution in [1.82, 2.24) is 0 Å². The quantitative estimate of drug-likeness (QED) is 0.695. The molecule has 0 aliphatic rings. The van der Waals surface area contributed by atoms with Crippen LogP contribution in [-0.2, 0) is 11.2 Å². The molecule has 0 spiro atoms. The van der Waals surface area contributed by atoms with E-state index < -0.39 is 0 Å². The number of furan rings is 1. The highest BCUT2D eigenvalue weighted by Gasteiger charge is 2.03. The van der Waals surface area contributed by atoms with Crippen molar-refractivity contribution in [1.29, 1.82) is 5.26 Å². The highest BCUT2D eigenvalue weighted by molar-refractivity contribution is 4.98. The molecular formula is C10H13NO2. The van der Waals surface area contributed by atoms with E-state index in [-0.39, 0.29) is 6.10 Å². The summed E-state index contributed by atoms with van der Waals surface area (Å²) in [5.41, 5.74) is 0. The maximum absolute atomic E-state index is 8.58. The second kappa shape index (κ2) is 5.39. The first-order chi connectivity index (χ1) is 6.36. The van der Waals surface area contributed by atoms with Gasteiger partial charge in [-0.2, -0.15) is 5.26 Å². The van der Waals surface area contributed by atoms with Crippen molar-refractivity contribution in [3.63, 3.8) is 0 Å². The third-order valence-electron chi connectivity index (χ3n) is 1.76. The van der Waals surface area contributed by atoms with E-state index in [9.17, 15) is 0 Å². The van der Waals surface area contributed by atoms with E-state index in [2.05, 4.69) is 6.07 Å². The van der Waals surface area contributed by atoms with Crippen molar-refractivity contribution in [3.05, 3.63) is 24.2 Å². The molecule has 0 fully saturated rings. The predicted octanol–water partition coefficient (Wildman–Crippen LogP) is 2.14. The van der Waals surface area contributed by atoms with Gasteiger partial charge >= 0.3 is 0 Å². The maximum Gasteiger partial charge on any atom is 0.143 e. The van der Waals surface area contributed by atoms with Gasteiger partial charge in [-0.1, -0.05) is 6.92 Å². The molecule has 0 saturated carbocycles. The van der Waals surface area contributed by atoms with Crippen LogP contribution in [-0.4, -0.2) is 12.7 Å². The molecule has 70 valence electrons. The largest absolute Gasteiger partial charge is 0.469 e. The number of ether oxygens (including phenoxy) is 1. The zero-order chi connectivity index (χ0) is 9.52. The van der Waals surface area contributed by atoms with Gasteiger partial charge in [0.1, 0.15) is 11.9 Å². The molecule has 0 aliphatic carbocycles. The predicted molar refractivity (Wildman–Crippen MR) is 48.1 cm³/mol. The molecule has 0 saturated heterocycles. The van der Waals surface area contributed by atoms with Gasteiger partial charge in [-0.3, -0.25) is 0 Å². The Bertz CT molecular complexity index is 261. The molecule has 1 heterocycles. The van der Waals surface area contributed by atoms with Crippen LogP contribution in [0.1, 0.15) is 19.1 Å². The standard InChI is InChI=1S/C10H13NO2/c1-2-9(8-11)13-7-5-10-4-3-6-12-10/h3-4,6,9H,2,5,7H2,1H3. The molecule has 3 nitrogen and oxygen atoms in total. The zero-order valence-corrected chi connectivity index (χ0v) is 7.69. The number of hydrogen-bond acceptors (Lipinski definition) is 3. The Hall–Kier alpha value is -1.27. The summed E-state index contributed by atoms with van der Waals surface area (Å²) < 4.78 is 10.4. The van der Waals surface area contributed by atoms with Crippen molar-refractivity contribution < 1.29 is 9.15 Å². The van der Waals surface area contributed by atoms with Crippen molar-refractivity contribution in [3.8, 4) is 6.07 Å². The second-order valence-corrected chi connectivity index (χ2v) is 2.73. The lowest BCUT2D eigenvalue weighted by molar-refractivity contribution is 0.0875. The molecule has 1 aromatic rings. The fourth-order valence-corrected chi connectivity index (χ4v) is 1.00. The average molecular weight is 179 g/mol. The first-order valence-electron chi connectivity index (χ1n) is 4.40. The van der Waals surface area contributed by atoms with Crippen molar-refractivity contribution in [2.75, 3.05) is 6.61 Å². The molecule has 1 aromatic heterocycles. The van der Waals surface area contributed by atoms with Gasteiger partial charge in [0.05, 0.1) is 18.9 Å². The van der Waals surface area contributed by atoms with E-state index >= 15 is 0 Å². The second-order valence-electron chi connectivity index (χ2n) is 2.73. The summed E-state index contributed by atoms with van der Waals surface area (Å²) in [4.78, 5) is 0. The van der Waals surface area contributed by atoms with Gasteiger partial charge in [-0.05, 0) is 18.6 Å². The summed E-state index contributed by atoms with van der Waals surface area (Å²) in [6.07, 6.45) is 2.81. The third-order valence-corrected chi connectivity index (χ3v) is 1.76. The average Bonchev–Trinajstić information content (AvgIpc) is 2.65. The van der Waals surface area contributed by atoms with Gasteiger partial charge < -0.3 is 9.15 Å². The number of rotatable bonds is 5. The van der Waals surface area contributed by atoms with Crippen LogP contribution < -0.4 is 0 Å². The molecule has 1 atom stereocenters. The van der Waals surface area contributed by atoms with Crippen LogP contribution in [0, 0.1) is 11.3 Å². The van der Waals surface area contributed by atoms with Crippen LogP contribution in [0.15, 0.2) is 22.8 Å². The van der Waals surface area contributed by atoms with Gasteiger partial charge in [0.25, 0.3) is 0 Å². The summed E-state index contributed by atoms with van der Waals surface area (Å²) >= 11 is 0. The monoisotopic (exact) mass is 179 g/mol. The molecule has 0 N–H and O–H groups in total. The first kappa shape index (κ1) is 9.82. The van der Waals surface area contributed by atoms with E-state index in [4.69, 9.17) is 14.4 Å². The fourth-order valence-electron chi connectivity index (χ4n) is 1.00. The lowest BCUT2D eigenvalue weighted by atomic mass is 10.3. The Labute approximate surface area is 77.9 Å². The lowest BCUT2D eigenvalue weighted by Crippen LogP contribution is -2.10. The SMILES string of the molecule is CCC(C#N)OCCc1ccco1. The Morgan fingerprint density at radius 3 is 3.08 bits per heavy atom. The normalized spacial score (nSPS) is 12.3. The lowest BCUT2D eigenvalue weighted by Gasteiger charge is -2.06. The van der Waals surface area contributed by atoms with E-state index in [0.29, 0.717) is 6.61 Å². The molecule has 0 aromatic carbocycles. The maximum atomic E-state index is 8.58. The van der Waals surface area contributed by atoms with Gasteiger partial charge in [-0.25, -0.2) is 0 Å². The van der Waals surface area contributed by atoms with E-state index in [1.54, 1.807) is 6.26 Å². The van der Waals surface area contributed by atoms with E-state index in [1.165, 1.54) is 0 Å². The highest BCUT2D eigenvalue weighted by atomic mass is 16.5. The summed E-state index contributed by atoms with van der Waals surface area (Å²) in [6, 6.07) is 5.82. The van der Waals surface area contributed by atoms with Crippen LogP contribution in [0.25, 0.3) is 0 Å². The Morgan fingerprint density at radius 2 is 2.54 bits per heavy atom. The van der Waals surface area contributed by atoms with Crippen molar-refractivity contribution in [2.45, 2.75) is 25.9 Å². The Morgan fingerprint density at radius 1 is 1.69 bits per heavy atom. The summed E-state index contributed by atoms with van der Waals surface area (Å²) in [5.74, 6) is 0.896. The minimum Gasteiger partial charge on any atom is -0.469 e. The fraction of sp³-hybridized carbons (Fsp3) is 0.500. The first-order valence-corrected chi connectivity index (χ1v) is 4.40. The van der Waals surface area contributed by atoms with Gasteiger partial charge in [0.15, 0.2) is 0 Å². The molecule has 0 aliphatic heterocycles. The van der Waals surface area contributed by atoms with Gasteiger partial charge in [0, 0.05) is 6.42 Å². The number of nitriles is 1. The van der Waals surface area contributed by atoms with Crippen LogP contribution >= 0.6 is 0 Å². The van der Waals surface area contributed by atoms with E-state index in [0.717, 1.165) is 18.6 Å². The smallest absolute Gasteiger partial charge is 0.143 e. The topological polar surface area (TPSA) is 46.2 Å². The van der Waals surface area contributed by atoms with Crippen LogP contribution in [0.5, 0.6) is 0 Å². The molecule has 1 rings (SSSR count). The van der Waals surface area contributed by atoms with Crippen molar-refractivity contribution >= 4 is 0 Å². The molecular weight excluding hydrogens is 166 g/mol. The minimum atomic E-state index is -0.282. The highest BCUT2D eigenvalue weighted by Crippen LogP contribution is 2.03. The Kier molecular flexibility index (Phi) is 4.07. The van der Waals surface area contributed by atoms with Crippen molar-refractivity contribution in [2.24, 2.45) is 0 Å². The molecule has 0 bridgehead atoms. The van der Waals surface area contributed by atoms with Crippen LogP contribution in [0.3, 0.4) is 0 Å². The number of hydrogen-bond donors (Lipinski definition) is 0. The van der Waals surface area contributed by atoms with Crippen LogP contribution in [0.4, 0.5) is 0 Å². The van der Waals surface area contributed by atoms with Gasteiger partial charge in [0.2, 0.25) is 0 Å². The summed E-state index contributed by atoms with van der Waals surface area (Å²) in [7, 11) is 0. The molecule has 3 heteroatoms.